The lowest BCUT2D eigenvalue weighted by Crippen LogP contribution is -2.36. The van der Waals surface area contributed by atoms with Gasteiger partial charge in [0.25, 0.3) is 5.91 Å². The molecule has 0 aliphatic carbocycles. The second-order valence-corrected chi connectivity index (χ2v) is 7.25. The first kappa shape index (κ1) is 26.2. The molecule has 0 bridgehead atoms. The Hall–Kier alpha value is -3.04. The zero-order chi connectivity index (χ0) is 24.5. The van der Waals surface area contributed by atoms with Crippen LogP contribution in [0.3, 0.4) is 0 Å². The summed E-state index contributed by atoms with van der Waals surface area (Å²) in [5.41, 5.74) is 0.466. The minimum Gasteiger partial charge on any atom is -0.493 e. The van der Waals surface area contributed by atoms with Crippen LogP contribution >= 0.6 is 23.4 Å². The van der Waals surface area contributed by atoms with Crippen molar-refractivity contribution in [3.8, 4) is 23.0 Å². The van der Waals surface area contributed by atoms with Crippen LogP contribution in [0.5, 0.6) is 23.0 Å². The van der Waals surface area contributed by atoms with Crippen LogP contribution < -0.4 is 23.4 Å². The van der Waals surface area contributed by atoms with E-state index in [0.717, 1.165) is 4.42 Å². The molecule has 1 unspecified atom stereocenters. The smallest absolute Gasteiger partial charge is 0.276 e. The molecule has 0 spiro atoms. The Morgan fingerprint density at radius 2 is 1.58 bits per heavy atom. The van der Waals surface area contributed by atoms with Gasteiger partial charge in [0.05, 0.1) is 38.1 Å². The van der Waals surface area contributed by atoms with Gasteiger partial charge in [0.1, 0.15) is 5.69 Å². The van der Waals surface area contributed by atoms with Crippen molar-refractivity contribution in [1.29, 1.82) is 0 Å². The number of rotatable bonds is 11. The van der Waals surface area contributed by atoms with E-state index in [1.807, 2.05) is 13.8 Å². The summed E-state index contributed by atoms with van der Waals surface area (Å²) in [4.78, 5) is 25.1. The molecule has 1 amide bonds. The molecule has 0 fully saturated rings. The lowest BCUT2D eigenvalue weighted by molar-refractivity contribution is -0.126. The van der Waals surface area contributed by atoms with Crippen LogP contribution in [0.1, 0.15) is 20.8 Å². The van der Waals surface area contributed by atoms with Gasteiger partial charge in [0, 0.05) is 30.0 Å². The van der Waals surface area contributed by atoms with Gasteiger partial charge in [-0.3, -0.25) is 9.59 Å². The highest BCUT2D eigenvalue weighted by atomic mass is 35.5. The Kier molecular flexibility index (Phi) is 9.74. The zero-order valence-electron chi connectivity index (χ0n) is 18.9. The average Bonchev–Trinajstić information content (AvgIpc) is 2.80. The van der Waals surface area contributed by atoms with E-state index in [1.54, 1.807) is 6.07 Å². The fourth-order valence-corrected chi connectivity index (χ4v) is 3.13. The molecular weight excluding hydrogens is 473 g/mol. The van der Waals surface area contributed by atoms with Crippen molar-refractivity contribution in [3.63, 3.8) is 0 Å². The fourth-order valence-electron chi connectivity index (χ4n) is 2.74. The van der Waals surface area contributed by atoms with Gasteiger partial charge in [0.2, 0.25) is 6.04 Å². The summed E-state index contributed by atoms with van der Waals surface area (Å²) < 4.78 is 22.2. The molecule has 0 saturated heterocycles. The number of azo groups is 1. The molecule has 2 rings (SSSR count). The van der Waals surface area contributed by atoms with Crippen LogP contribution in [-0.2, 0) is 9.59 Å². The highest BCUT2D eigenvalue weighted by molar-refractivity contribution is 6.39. The number of halogens is 2. The van der Waals surface area contributed by atoms with Gasteiger partial charge in [0.15, 0.2) is 28.8 Å². The van der Waals surface area contributed by atoms with Crippen LogP contribution in [0.4, 0.5) is 11.4 Å². The topological polar surface area (TPSA) is 99.0 Å². The first-order valence-corrected chi connectivity index (χ1v) is 10.7. The van der Waals surface area contributed by atoms with Crippen molar-refractivity contribution in [2.24, 2.45) is 10.2 Å². The van der Waals surface area contributed by atoms with Crippen LogP contribution in [0, 0.1) is 0 Å². The number of Topliss-reactive ketones (excluding diaryl/α,β-unsaturated/α-hetero) is 1. The van der Waals surface area contributed by atoms with Crippen LogP contribution in [0.25, 0.3) is 0 Å². The van der Waals surface area contributed by atoms with E-state index in [4.69, 9.17) is 42.3 Å². The van der Waals surface area contributed by atoms with Gasteiger partial charge in [-0.2, -0.15) is 10.2 Å². The lowest BCUT2D eigenvalue weighted by atomic mass is 10.2. The van der Waals surface area contributed by atoms with Gasteiger partial charge < -0.3 is 18.9 Å². The third-order valence-corrected chi connectivity index (χ3v) is 4.96. The minimum absolute atomic E-state index is 0.204. The van der Waals surface area contributed by atoms with Crippen molar-refractivity contribution in [2.45, 2.75) is 26.8 Å². The summed E-state index contributed by atoms with van der Waals surface area (Å²) in [6.07, 6.45) is 0. The van der Waals surface area contributed by atoms with E-state index < -0.39 is 17.7 Å². The van der Waals surface area contributed by atoms with Gasteiger partial charge >= 0.3 is 0 Å². The van der Waals surface area contributed by atoms with Crippen LogP contribution in [-0.4, -0.2) is 45.2 Å². The van der Waals surface area contributed by atoms with E-state index in [2.05, 4.69) is 10.2 Å². The molecule has 11 heteroatoms. The largest absolute Gasteiger partial charge is 0.493 e. The molecule has 0 aliphatic rings. The zero-order valence-corrected chi connectivity index (χ0v) is 20.4. The number of anilines is 1. The Morgan fingerprint density at radius 1 is 0.970 bits per heavy atom. The summed E-state index contributed by atoms with van der Waals surface area (Å²) >= 11 is 12.5. The first-order valence-electron chi connectivity index (χ1n) is 9.99. The number of hydrogen-bond donors (Lipinski definition) is 0. The predicted molar refractivity (Wildman–Crippen MR) is 126 cm³/mol. The van der Waals surface area contributed by atoms with E-state index >= 15 is 0 Å². The molecule has 33 heavy (non-hydrogen) atoms. The lowest BCUT2D eigenvalue weighted by Gasteiger charge is -2.18. The molecule has 1 atom stereocenters. The minimum atomic E-state index is -1.49. The Balaban J connectivity index is 2.34. The molecule has 9 nitrogen and oxygen atoms in total. The summed E-state index contributed by atoms with van der Waals surface area (Å²) in [6.45, 7) is 5.67. The number of nitrogens with zero attached hydrogens (tertiary/aromatic N) is 3. The molecule has 0 aromatic heterocycles. The quantitative estimate of drug-likeness (QED) is 0.234. The molecule has 0 heterocycles. The monoisotopic (exact) mass is 497 g/mol. The second kappa shape index (κ2) is 12.3. The summed E-state index contributed by atoms with van der Waals surface area (Å²) in [5, 5.41) is 8.14. The SMILES string of the molecule is CCOc1cc(Cl)c(N=NC(C(C)=O)C(=O)N(Cl)c2ccc(OC)c(OC)c2)cc1OCC. The molecule has 2 aromatic rings. The van der Waals surface area contributed by atoms with Gasteiger partial charge in [-0.05, 0) is 32.9 Å². The number of methoxy groups -OCH3 is 2. The number of amides is 1. The summed E-state index contributed by atoms with van der Waals surface area (Å²) in [7, 11) is 2.93. The number of hydrogen-bond acceptors (Lipinski definition) is 8. The molecule has 2 aromatic carbocycles. The van der Waals surface area contributed by atoms with Crippen LogP contribution in [0.2, 0.25) is 5.02 Å². The number of ketones is 1. The van der Waals surface area contributed by atoms with E-state index in [1.165, 1.54) is 45.4 Å². The Labute approximate surface area is 202 Å². The van der Waals surface area contributed by atoms with Gasteiger partial charge in [-0.25, -0.2) is 4.42 Å². The second-order valence-electron chi connectivity index (χ2n) is 6.50. The van der Waals surface area contributed by atoms with E-state index in [9.17, 15) is 9.59 Å². The number of ether oxygens (including phenoxy) is 4. The number of carbonyl (C=O) groups is 2. The Bertz CT molecular complexity index is 1030. The standard InChI is InChI=1S/C22H25Cl2N3O6/c1-6-32-19-11-15(23)16(12-20(19)33-7-2)25-26-21(13(3)28)22(29)27(24)14-8-9-17(30-4)18(10-14)31-5/h8-12,21H,6-7H2,1-5H3. The normalized spacial score (nSPS) is 11.7. The molecule has 0 aliphatic heterocycles. The Morgan fingerprint density at radius 3 is 2.12 bits per heavy atom. The highest BCUT2D eigenvalue weighted by Crippen LogP contribution is 2.38. The fraction of sp³-hybridized carbons (Fsp3) is 0.364. The van der Waals surface area contributed by atoms with E-state index in [0.29, 0.717) is 36.2 Å². The van der Waals surface area contributed by atoms with Crippen LogP contribution in [0.15, 0.2) is 40.6 Å². The van der Waals surface area contributed by atoms with Gasteiger partial charge in [-0.15, -0.1) is 0 Å². The van der Waals surface area contributed by atoms with E-state index in [-0.39, 0.29) is 16.4 Å². The maximum Gasteiger partial charge on any atom is 0.276 e. The number of benzene rings is 2. The summed E-state index contributed by atoms with van der Waals surface area (Å²) in [6, 6.07) is 6.18. The molecule has 0 saturated carbocycles. The molecule has 0 radical (unpaired) electrons. The van der Waals surface area contributed by atoms with Crippen molar-refractivity contribution >= 4 is 46.4 Å². The predicted octanol–water partition coefficient (Wildman–Crippen LogP) is 5.38. The maximum atomic E-state index is 12.9. The van der Waals surface area contributed by atoms with Gasteiger partial charge in [-0.1, -0.05) is 11.6 Å². The van der Waals surface area contributed by atoms with Crippen molar-refractivity contribution < 1.29 is 28.5 Å². The third-order valence-electron chi connectivity index (χ3n) is 4.30. The average molecular weight is 498 g/mol. The molecule has 0 N–H and O–H groups in total. The number of carbonyl (C=O) groups excluding carboxylic acids is 2. The van der Waals surface area contributed by atoms with Crippen molar-refractivity contribution in [3.05, 3.63) is 35.4 Å². The molecular formula is C22H25Cl2N3O6. The first-order chi connectivity index (χ1) is 15.8. The maximum absolute atomic E-state index is 12.9. The highest BCUT2D eigenvalue weighted by Gasteiger charge is 2.29. The summed E-state index contributed by atoms with van der Waals surface area (Å²) in [5.74, 6) is 0.320. The third kappa shape index (κ3) is 6.49. The molecule has 178 valence electrons. The van der Waals surface area contributed by atoms with Crippen molar-refractivity contribution in [1.82, 2.24) is 0 Å². The van der Waals surface area contributed by atoms with Crippen molar-refractivity contribution in [2.75, 3.05) is 31.9 Å².